The van der Waals surface area contributed by atoms with E-state index in [1.807, 2.05) is 17.9 Å². The number of aromatic nitrogens is 2. The standard InChI is InChI=1S/C19H22N4O4S/c1-19(9-26-10-19)27-18(25)23-7-12-11(13(12)8-23)2-5-21-16(24)17-22-14-3-4-20-6-15(14)28-17/h3-4,6,11-13H,2,5,7-10H2,1H3,(H,21,24)/t11-,12-,13+. The molecule has 0 radical (unpaired) electrons. The van der Waals surface area contributed by atoms with Crippen LogP contribution in [0.5, 0.6) is 0 Å². The number of hydrogen-bond donors (Lipinski definition) is 1. The van der Waals surface area contributed by atoms with Gasteiger partial charge in [0.15, 0.2) is 10.6 Å². The molecule has 0 bridgehead atoms. The van der Waals surface area contributed by atoms with Gasteiger partial charge in [0, 0.05) is 32.0 Å². The predicted molar refractivity (Wildman–Crippen MR) is 102 cm³/mol. The summed E-state index contributed by atoms with van der Waals surface area (Å²) in [6.07, 6.45) is 4.11. The van der Waals surface area contributed by atoms with Gasteiger partial charge in [-0.15, -0.1) is 11.3 Å². The number of fused-ring (bicyclic) bond motifs is 2. The monoisotopic (exact) mass is 402 g/mol. The van der Waals surface area contributed by atoms with Crippen LogP contribution in [-0.2, 0) is 9.47 Å². The Bertz CT molecular complexity index is 883. The minimum absolute atomic E-state index is 0.131. The molecule has 3 aliphatic rings. The Morgan fingerprint density at radius 3 is 2.86 bits per heavy atom. The first-order valence-corrected chi connectivity index (χ1v) is 10.4. The highest BCUT2D eigenvalue weighted by Crippen LogP contribution is 2.53. The lowest BCUT2D eigenvalue weighted by Gasteiger charge is -2.38. The van der Waals surface area contributed by atoms with Crippen molar-refractivity contribution in [2.45, 2.75) is 18.9 Å². The highest BCUT2D eigenvalue weighted by Gasteiger charge is 2.56. The molecule has 3 fully saturated rings. The van der Waals surface area contributed by atoms with Gasteiger partial charge in [0.25, 0.3) is 5.91 Å². The van der Waals surface area contributed by atoms with Crippen LogP contribution >= 0.6 is 11.3 Å². The van der Waals surface area contributed by atoms with Crippen molar-refractivity contribution in [3.8, 4) is 0 Å². The van der Waals surface area contributed by atoms with E-state index < -0.39 is 5.60 Å². The number of carbonyl (C=O) groups is 2. The van der Waals surface area contributed by atoms with Gasteiger partial charge < -0.3 is 19.7 Å². The lowest BCUT2D eigenvalue weighted by Crippen LogP contribution is -2.52. The van der Waals surface area contributed by atoms with E-state index >= 15 is 0 Å². The molecule has 28 heavy (non-hydrogen) atoms. The maximum Gasteiger partial charge on any atom is 0.410 e. The average molecular weight is 402 g/mol. The van der Waals surface area contributed by atoms with E-state index in [2.05, 4.69) is 15.3 Å². The average Bonchev–Trinajstić information content (AvgIpc) is 3.05. The fourth-order valence-corrected chi connectivity index (χ4v) is 5.10. The van der Waals surface area contributed by atoms with Gasteiger partial charge in [-0.1, -0.05) is 0 Å². The number of piperidine rings is 1. The third-order valence-electron chi connectivity index (χ3n) is 5.93. The van der Waals surface area contributed by atoms with Crippen LogP contribution in [0.15, 0.2) is 18.5 Å². The van der Waals surface area contributed by atoms with Gasteiger partial charge in [-0.05, 0) is 37.2 Å². The van der Waals surface area contributed by atoms with Gasteiger partial charge in [0.2, 0.25) is 0 Å². The van der Waals surface area contributed by atoms with Crippen molar-refractivity contribution in [2.24, 2.45) is 17.8 Å². The second-order valence-electron chi connectivity index (χ2n) is 8.11. The molecule has 8 nitrogen and oxygen atoms in total. The summed E-state index contributed by atoms with van der Waals surface area (Å²) < 4.78 is 11.6. The van der Waals surface area contributed by atoms with Gasteiger partial charge in [-0.25, -0.2) is 9.78 Å². The summed E-state index contributed by atoms with van der Waals surface area (Å²) in [5.41, 5.74) is 0.348. The topological polar surface area (TPSA) is 93.7 Å². The summed E-state index contributed by atoms with van der Waals surface area (Å²) in [5.74, 6) is 1.51. The summed E-state index contributed by atoms with van der Waals surface area (Å²) in [4.78, 5) is 34.8. The van der Waals surface area contributed by atoms with E-state index in [1.54, 1.807) is 12.4 Å². The van der Waals surface area contributed by atoms with Gasteiger partial charge >= 0.3 is 6.09 Å². The molecule has 0 unspecified atom stereocenters. The third kappa shape index (κ3) is 3.22. The molecule has 4 heterocycles. The molecule has 3 atom stereocenters. The zero-order chi connectivity index (χ0) is 19.3. The summed E-state index contributed by atoms with van der Waals surface area (Å²) >= 11 is 1.36. The van der Waals surface area contributed by atoms with Gasteiger partial charge in [-0.3, -0.25) is 9.78 Å². The van der Waals surface area contributed by atoms with E-state index in [1.165, 1.54) is 11.3 Å². The zero-order valence-electron chi connectivity index (χ0n) is 15.6. The molecule has 1 saturated carbocycles. The molecule has 0 spiro atoms. The fraction of sp³-hybridized carbons (Fsp3) is 0.579. The number of pyridine rings is 1. The number of ether oxygens (including phenoxy) is 2. The lowest BCUT2D eigenvalue weighted by molar-refractivity contribution is -0.171. The van der Waals surface area contributed by atoms with Gasteiger partial charge in [0.1, 0.15) is 0 Å². The summed E-state index contributed by atoms with van der Waals surface area (Å²) in [6.45, 7) is 5.00. The number of hydrogen-bond acceptors (Lipinski definition) is 7. The SMILES string of the molecule is CC1(OC(=O)N2C[C@@H]3[C@@H](CCNC(=O)c4nc5ccncc5s4)[C@@H]3C2)COC1. The first-order chi connectivity index (χ1) is 13.5. The molecule has 2 amide bonds. The maximum absolute atomic E-state index is 12.3. The lowest BCUT2D eigenvalue weighted by atomic mass is 10.1. The number of rotatable bonds is 5. The predicted octanol–water partition coefficient (Wildman–Crippen LogP) is 1.91. The fourth-order valence-electron chi connectivity index (χ4n) is 4.26. The third-order valence-corrected chi connectivity index (χ3v) is 6.93. The van der Waals surface area contributed by atoms with Crippen LogP contribution in [0.3, 0.4) is 0 Å². The molecule has 2 aliphatic heterocycles. The van der Waals surface area contributed by atoms with Crippen LogP contribution < -0.4 is 5.32 Å². The van der Waals surface area contributed by atoms with Crippen molar-refractivity contribution in [1.82, 2.24) is 20.2 Å². The van der Waals surface area contributed by atoms with Crippen LogP contribution in [0.4, 0.5) is 4.79 Å². The van der Waals surface area contributed by atoms with E-state index in [9.17, 15) is 9.59 Å². The Hall–Kier alpha value is -2.26. The summed E-state index contributed by atoms with van der Waals surface area (Å²) in [5, 5.41) is 3.44. The number of carbonyl (C=O) groups excluding carboxylic acids is 2. The Morgan fingerprint density at radius 1 is 1.39 bits per heavy atom. The smallest absolute Gasteiger partial charge is 0.410 e. The van der Waals surface area contributed by atoms with Crippen LogP contribution in [0.1, 0.15) is 23.1 Å². The molecule has 2 aromatic rings. The molecular formula is C19H22N4O4S. The highest BCUT2D eigenvalue weighted by molar-refractivity contribution is 7.20. The number of nitrogens with zero attached hydrogens (tertiary/aromatic N) is 3. The van der Waals surface area contributed by atoms with E-state index in [0.717, 1.165) is 29.7 Å². The molecule has 9 heteroatoms. The second kappa shape index (κ2) is 6.66. The molecule has 2 saturated heterocycles. The molecule has 148 valence electrons. The summed E-state index contributed by atoms with van der Waals surface area (Å²) in [7, 11) is 0. The van der Waals surface area contributed by atoms with Gasteiger partial charge in [0.05, 0.1) is 23.4 Å². The first-order valence-electron chi connectivity index (χ1n) is 9.57. The van der Waals surface area contributed by atoms with Crippen LogP contribution in [0.2, 0.25) is 0 Å². The number of amides is 2. The Kier molecular flexibility index (Phi) is 4.24. The van der Waals surface area contributed by atoms with Gasteiger partial charge in [-0.2, -0.15) is 0 Å². The molecular weight excluding hydrogens is 380 g/mol. The maximum atomic E-state index is 12.3. The van der Waals surface area contributed by atoms with Crippen molar-refractivity contribution in [1.29, 1.82) is 0 Å². The Morgan fingerprint density at radius 2 is 2.18 bits per heavy atom. The van der Waals surface area contributed by atoms with E-state index in [-0.39, 0.29) is 12.0 Å². The second-order valence-corrected chi connectivity index (χ2v) is 9.14. The van der Waals surface area contributed by atoms with Crippen molar-refractivity contribution in [2.75, 3.05) is 32.8 Å². The molecule has 2 aromatic heterocycles. The van der Waals surface area contributed by atoms with E-state index in [0.29, 0.717) is 42.5 Å². The largest absolute Gasteiger partial charge is 0.438 e. The van der Waals surface area contributed by atoms with Crippen LogP contribution in [0.25, 0.3) is 10.2 Å². The summed E-state index contributed by atoms with van der Waals surface area (Å²) in [6, 6.07) is 1.81. The van der Waals surface area contributed by atoms with Crippen molar-refractivity contribution in [3.05, 3.63) is 23.5 Å². The Balaban J connectivity index is 1.06. The van der Waals surface area contributed by atoms with E-state index in [4.69, 9.17) is 9.47 Å². The number of likely N-dealkylation sites (tertiary alicyclic amines) is 1. The highest BCUT2D eigenvalue weighted by atomic mass is 32.1. The zero-order valence-corrected chi connectivity index (χ0v) is 16.4. The van der Waals surface area contributed by atoms with Crippen molar-refractivity contribution >= 4 is 33.6 Å². The van der Waals surface area contributed by atoms with Crippen molar-refractivity contribution in [3.63, 3.8) is 0 Å². The molecule has 5 rings (SSSR count). The molecule has 1 N–H and O–H groups in total. The molecule has 0 aromatic carbocycles. The minimum Gasteiger partial charge on any atom is -0.438 e. The first kappa shape index (κ1) is 17.8. The number of thiazole rings is 1. The molecule has 1 aliphatic carbocycles. The Labute approximate surface area is 166 Å². The quantitative estimate of drug-likeness (QED) is 0.821. The van der Waals surface area contributed by atoms with Crippen LogP contribution in [-0.4, -0.2) is 65.3 Å². The van der Waals surface area contributed by atoms with Crippen molar-refractivity contribution < 1.29 is 19.1 Å². The van der Waals surface area contributed by atoms with Crippen LogP contribution in [0, 0.1) is 17.8 Å². The number of nitrogens with one attached hydrogen (secondary N) is 1. The normalized spacial score (nSPS) is 27.2. The minimum atomic E-state index is -0.454.